The van der Waals surface area contributed by atoms with Gasteiger partial charge in [0.25, 0.3) is 0 Å². The summed E-state index contributed by atoms with van der Waals surface area (Å²) in [5.74, 6) is 0.832. The number of amides is 1. The first-order chi connectivity index (χ1) is 6.53. The largest absolute Gasteiger partial charge is 0.338 e. The van der Waals surface area contributed by atoms with Crippen LogP contribution in [-0.4, -0.2) is 28.9 Å². The van der Waals surface area contributed by atoms with E-state index in [2.05, 4.69) is 13.8 Å². The molecule has 1 aliphatic carbocycles. The highest BCUT2D eigenvalue weighted by molar-refractivity contribution is 5.87. The molecule has 14 heavy (non-hydrogen) atoms. The monoisotopic (exact) mass is 196 g/mol. The van der Waals surface area contributed by atoms with E-state index < -0.39 is 5.54 Å². The first kappa shape index (κ1) is 9.97. The molecule has 3 nitrogen and oxygen atoms in total. The molecule has 2 N–H and O–H groups in total. The standard InChI is InChI=1S/C11H20N2O/c1-8-6-9(2)13(7-8)10(14)11(12)4-3-5-11/h8-9H,3-7,12H2,1-2H3. The first-order valence-corrected chi connectivity index (χ1v) is 5.63. The van der Waals surface area contributed by atoms with Crippen molar-refractivity contribution in [3.8, 4) is 0 Å². The maximum atomic E-state index is 12.1. The van der Waals surface area contributed by atoms with Crippen LogP contribution in [0.4, 0.5) is 0 Å². The fraction of sp³-hybridized carbons (Fsp3) is 0.909. The summed E-state index contributed by atoms with van der Waals surface area (Å²) in [6, 6.07) is 0.388. The van der Waals surface area contributed by atoms with Crippen molar-refractivity contribution in [3.63, 3.8) is 0 Å². The van der Waals surface area contributed by atoms with E-state index in [1.165, 1.54) is 0 Å². The van der Waals surface area contributed by atoms with E-state index in [9.17, 15) is 4.79 Å². The number of nitrogens with zero attached hydrogens (tertiary/aromatic N) is 1. The van der Waals surface area contributed by atoms with E-state index in [0.29, 0.717) is 12.0 Å². The fourth-order valence-electron chi connectivity index (χ4n) is 2.64. The highest BCUT2D eigenvalue weighted by atomic mass is 16.2. The number of likely N-dealkylation sites (tertiary alicyclic amines) is 1. The van der Waals surface area contributed by atoms with Crippen LogP contribution in [-0.2, 0) is 4.79 Å². The lowest BCUT2D eigenvalue weighted by Gasteiger charge is -2.40. The molecule has 0 spiro atoms. The Labute approximate surface area is 85.6 Å². The zero-order valence-corrected chi connectivity index (χ0v) is 9.12. The quantitative estimate of drug-likeness (QED) is 0.683. The van der Waals surface area contributed by atoms with E-state index in [1.54, 1.807) is 0 Å². The minimum atomic E-state index is -0.502. The van der Waals surface area contributed by atoms with Gasteiger partial charge in [-0.05, 0) is 38.5 Å². The number of carbonyl (C=O) groups excluding carboxylic acids is 1. The van der Waals surface area contributed by atoms with Crippen molar-refractivity contribution >= 4 is 5.91 Å². The first-order valence-electron chi connectivity index (χ1n) is 5.63. The molecule has 3 heteroatoms. The van der Waals surface area contributed by atoms with Crippen LogP contribution in [0.3, 0.4) is 0 Å². The maximum absolute atomic E-state index is 12.1. The Balaban J connectivity index is 2.04. The lowest BCUT2D eigenvalue weighted by molar-refractivity contribution is -0.140. The fourth-order valence-corrected chi connectivity index (χ4v) is 2.64. The molecule has 0 bridgehead atoms. The predicted octanol–water partition coefficient (Wildman–Crippen LogP) is 1.12. The summed E-state index contributed by atoms with van der Waals surface area (Å²) in [6.07, 6.45) is 3.99. The number of hydrogen-bond donors (Lipinski definition) is 1. The van der Waals surface area contributed by atoms with E-state index in [-0.39, 0.29) is 5.91 Å². The normalized spacial score (nSPS) is 35.5. The molecule has 1 amide bonds. The Morgan fingerprint density at radius 1 is 1.43 bits per heavy atom. The molecule has 2 atom stereocenters. The minimum Gasteiger partial charge on any atom is -0.338 e. The molecule has 1 aliphatic heterocycles. The van der Waals surface area contributed by atoms with Crippen molar-refractivity contribution in [3.05, 3.63) is 0 Å². The Hall–Kier alpha value is -0.570. The average Bonchev–Trinajstić information content (AvgIpc) is 2.40. The summed E-state index contributed by atoms with van der Waals surface area (Å²) in [7, 11) is 0. The van der Waals surface area contributed by atoms with Crippen LogP contribution >= 0.6 is 0 Å². The number of rotatable bonds is 1. The van der Waals surface area contributed by atoms with Gasteiger partial charge in [-0.1, -0.05) is 6.92 Å². The van der Waals surface area contributed by atoms with Crippen molar-refractivity contribution in [1.82, 2.24) is 4.90 Å². The van der Waals surface area contributed by atoms with Crippen LogP contribution in [0.15, 0.2) is 0 Å². The number of hydrogen-bond acceptors (Lipinski definition) is 2. The molecule has 2 aliphatic rings. The van der Waals surface area contributed by atoms with Crippen molar-refractivity contribution in [2.24, 2.45) is 11.7 Å². The summed E-state index contributed by atoms with van der Waals surface area (Å²) >= 11 is 0. The van der Waals surface area contributed by atoms with Crippen molar-refractivity contribution < 1.29 is 4.79 Å². The van der Waals surface area contributed by atoms with Gasteiger partial charge in [0.15, 0.2) is 0 Å². The van der Waals surface area contributed by atoms with Gasteiger partial charge < -0.3 is 10.6 Å². The Bertz CT molecular complexity index is 248. The van der Waals surface area contributed by atoms with E-state index in [4.69, 9.17) is 5.73 Å². The van der Waals surface area contributed by atoms with Gasteiger partial charge >= 0.3 is 0 Å². The van der Waals surface area contributed by atoms with E-state index in [0.717, 1.165) is 32.2 Å². The summed E-state index contributed by atoms with van der Waals surface area (Å²) in [5, 5.41) is 0. The second kappa shape index (κ2) is 3.23. The summed E-state index contributed by atoms with van der Waals surface area (Å²) in [5.41, 5.74) is 5.54. The zero-order chi connectivity index (χ0) is 10.3. The maximum Gasteiger partial charge on any atom is 0.242 e. The van der Waals surface area contributed by atoms with Crippen LogP contribution in [0.25, 0.3) is 0 Å². The van der Waals surface area contributed by atoms with Crippen LogP contribution in [0.2, 0.25) is 0 Å². The third-order valence-corrected chi connectivity index (χ3v) is 3.72. The van der Waals surface area contributed by atoms with E-state index in [1.807, 2.05) is 4.90 Å². The molecule has 2 fully saturated rings. The van der Waals surface area contributed by atoms with Gasteiger partial charge in [-0.25, -0.2) is 0 Å². The van der Waals surface area contributed by atoms with Crippen molar-refractivity contribution in [2.75, 3.05) is 6.54 Å². The van der Waals surface area contributed by atoms with Crippen molar-refractivity contribution in [2.45, 2.75) is 51.1 Å². The topological polar surface area (TPSA) is 46.3 Å². The SMILES string of the molecule is CC1CC(C)N(C(=O)C2(N)CCC2)C1. The number of nitrogens with two attached hydrogens (primary N) is 1. The Morgan fingerprint density at radius 3 is 2.43 bits per heavy atom. The summed E-state index contributed by atoms with van der Waals surface area (Å²) in [6.45, 7) is 5.23. The lowest BCUT2D eigenvalue weighted by atomic mass is 9.76. The van der Waals surface area contributed by atoms with Crippen LogP contribution < -0.4 is 5.73 Å². The summed E-state index contributed by atoms with van der Waals surface area (Å²) < 4.78 is 0. The number of carbonyl (C=O) groups is 1. The molecule has 0 aromatic heterocycles. The van der Waals surface area contributed by atoms with Gasteiger partial charge in [0.05, 0.1) is 5.54 Å². The van der Waals surface area contributed by atoms with Gasteiger partial charge in [-0.2, -0.15) is 0 Å². The van der Waals surface area contributed by atoms with Crippen LogP contribution in [0, 0.1) is 5.92 Å². The van der Waals surface area contributed by atoms with E-state index >= 15 is 0 Å². The molecular formula is C11H20N2O. The van der Waals surface area contributed by atoms with Crippen LogP contribution in [0.5, 0.6) is 0 Å². The zero-order valence-electron chi connectivity index (χ0n) is 9.12. The second-order valence-electron chi connectivity index (χ2n) is 5.16. The van der Waals surface area contributed by atoms with Gasteiger partial charge in [-0.3, -0.25) is 4.79 Å². The molecule has 2 unspecified atom stereocenters. The predicted molar refractivity (Wildman–Crippen MR) is 55.7 cm³/mol. The van der Waals surface area contributed by atoms with Crippen LogP contribution in [0.1, 0.15) is 39.5 Å². The molecule has 2 rings (SSSR count). The third-order valence-electron chi connectivity index (χ3n) is 3.72. The van der Waals surface area contributed by atoms with Gasteiger partial charge in [0, 0.05) is 12.6 Å². The lowest BCUT2D eigenvalue weighted by Crippen LogP contribution is -2.60. The second-order valence-corrected chi connectivity index (χ2v) is 5.16. The molecular weight excluding hydrogens is 176 g/mol. The minimum absolute atomic E-state index is 0.195. The van der Waals surface area contributed by atoms with Crippen molar-refractivity contribution in [1.29, 1.82) is 0 Å². The van der Waals surface area contributed by atoms with Gasteiger partial charge in [0.2, 0.25) is 5.91 Å². The third kappa shape index (κ3) is 1.44. The highest BCUT2D eigenvalue weighted by Gasteiger charge is 2.45. The summed E-state index contributed by atoms with van der Waals surface area (Å²) in [4.78, 5) is 14.1. The van der Waals surface area contributed by atoms with Gasteiger partial charge in [0.1, 0.15) is 0 Å². The molecule has 0 aromatic rings. The molecule has 0 aromatic carbocycles. The Morgan fingerprint density at radius 2 is 2.07 bits per heavy atom. The smallest absolute Gasteiger partial charge is 0.242 e. The highest BCUT2D eigenvalue weighted by Crippen LogP contribution is 2.34. The molecule has 1 heterocycles. The molecule has 1 saturated carbocycles. The molecule has 0 radical (unpaired) electrons. The average molecular weight is 196 g/mol. The van der Waals surface area contributed by atoms with Gasteiger partial charge in [-0.15, -0.1) is 0 Å². The Kier molecular flexibility index (Phi) is 2.30. The molecule has 80 valence electrons. The molecule has 1 saturated heterocycles.